The first kappa shape index (κ1) is 24.0. The first-order chi connectivity index (χ1) is 18.1. The Labute approximate surface area is 214 Å². The van der Waals surface area contributed by atoms with Gasteiger partial charge in [-0.15, -0.1) is 0 Å². The van der Waals surface area contributed by atoms with Gasteiger partial charge in [0, 0.05) is 17.7 Å². The third kappa shape index (κ3) is 5.43. The molecule has 1 heterocycles. The predicted octanol–water partition coefficient (Wildman–Crippen LogP) is 6.64. The van der Waals surface area contributed by atoms with Crippen molar-refractivity contribution < 1.29 is 23.4 Å². The lowest BCUT2D eigenvalue weighted by Crippen LogP contribution is -2.03. The van der Waals surface area contributed by atoms with Gasteiger partial charge in [-0.05, 0) is 35.4 Å². The van der Waals surface area contributed by atoms with Crippen LogP contribution in [0.15, 0.2) is 106 Å². The number of fused-ring (bicyclic) bond motifs is 1. The van der Waals surface area contributed by atoms with Gasteiger partial charge in [0.1, 0.15) is 24.6 Å². The fourth-order valence-electron chi connectivity index (χ4n) is 3.99. The van der Waals surface area contributed by atoms with Crippen LogP contribution in [-0.2, 0) is 13.2 Å². The van der Waals surface area contributed by atoms with E-state index in [0.717, 1.165) is 11.1 Å². The summed E-state index contributed by atoms with van der Waals surface area (Å²) in [6.07, 6.45) is 0. The zero-order chi connectivity index (χ0) is 25.6. The molecule has 5 rings (SSSR count). The van der Waals surface area contributed by atoms with Crippen molar-refractivity contribution in [2.45, 2.75) is 13.2 Å². The molecule has 0 saturated heterocycles. The molecule has 0 aliphatic rings. The van der Waals surface area contributed by atoms with Gasteiger partial charge in [0.15, 0.2) is 28.4 Å². The summed E-state index contributed by atoms with van der Waals surface area (Å²) in [6.45, 7) is 0.763. The summed E-state index contributed by atoms with van der Waals surface area (Å²) < 4.78 is 29.1. The first-order valence-corrected chi connectivity index (χ1v) is 11.8. The molecular formula is C31H26O6. The second-order valence-corrected chi connectivity index (χ2v) is 8.39. The Morgan fingerprint density at radius 1 is 0.622 bits per heavy atom. The fourth-order valence-corrected chi connectivity index (χ4v) is 3.99. The maximum absolute atomic E-state index is 13.0. The van der Waals surface area contributed by atoms with E-state index in [0.29, 0.717) is 58.5 Å². The second-order valence-electron chi connectivity index (χ2n) is 8.39. The number of ether oxygens (including phenoxy) is 4. The van der Waals surface area contributed by atoms with Gasteiger partial charge in [0.25, 0.3) is 0 Å². The SMILES string of the molecule is COc1cc2oc(-c3ccc(OCc4ccccc4)c(OCc4ccccc4)c3)cc(=O)c2cc1OC. The molecule has 0 unspecified atom stereocenters. The van der Waals surface area contributed by atoms with Crippen molar-refractivity contribution >= 4 is 11.0 Å². The largest absolute Gasteiger partial charge is 0.493 e. The van der Waals surface area contributed by atoms with Gasteiger partial charge in [-0.25, -0.2) is 0 Å². The van der Waals surface area contributed by atoms with E-state index in [-0.39, 0.29) is 5.43 Å². The minimum atomic E-state index is -0.187. The number of hydrogen-bond acceptors (Lipinski definition) is 6. The van der Waals surface area contributed by atoms with Crippen molar-refractivity contribution in [3.05, 3.63) is 118 Å². The van der Waals surface area contributed by atoms with Crippen LogP contribution in [0.2, 0.25) is 0 Å². The number of rotatable bonds is 9. The van der Waals surface area contributed by atoms with Crippen molar-refractivity contribution in [2.24, 2.45) is 0 Å². The highest BCUT2D eigenvalue weighted by atomic mass is 16.5. The Morgan fingerprint density at radius 2 is 1.22 bits per heavy atom. The third-order valence-electron chi connectivity index (χ3n) is 5.94. The lowest BCUT2D eigenvalue weighted by molar-refractivity contribution is 0.256. The van der Waals surface area contributed by atoms with Gasteiger partial charge in [-0.1, -0.05) is 60.7 Å². The molecule has 0 saturated carbocycles. The van der Waals surface area contributed by atoms with Gasteiger partial charge >= 0.3 is 0 Å². The van der Waals surface area contributed by atoms with Crippen molar-refractivity contribution in [3.8, 4) is 34.3 Å². The molecular weight excluding hydrogens is 468 g/mol. The van der Waals surface area contributed by atoms with Crippen LogP contribution in [0.1, 0.15) is 11.1 Å². The second kappa shape index (κ2) is 10.9. The quantitative estimate of drug-likeness (QED) is 0.229. The summed E-state index contributed by atoms with van der Waals surface area (Å²) >= 11 is 0. The van der Waals surface area contributed by atoms with Gasteiger partial charge in [-0.3, -0.25) is 4.79 Å². The van der Waals surface area contributed by atoms with Crippen LogP contribution in [0.25, 0.3) is 22.3 Å². The average molecular weight is 495 g/mol. The molecule has 0 N–H and O–H groups in total. The van der Waals surface area contributed by atoms with Gasteiger partial charge in [0.2, 0.25) is 0 Å². The first-order valence-electron chi connectivity index (χ1n) is 11.8. The molecule has 1 aromatic heterocycles. The highest BCUT2D eigenvalue weighted by molar-refractivity contribution is 5.82. The van der Waals surface area contributed by atoms with Crippen molar-refractivity contribution in [2.75, 3.05) is 14.2 Å². The van der Waals surface area contributed by atoms with E-state index < -0.39 is 0 Å². The van der Waals surface area contributed by atoms with Crippen molar-refractivity contribution in [1.29, 1.82) is 0 Å². The molecule has 0 amide bonds. The molecule has 4 aromatic carbocycles. The minimum Gasteiger partial charge on any atom is -0.493 e. The summed E-state index contributed by atoms with van der Waals surface area (Å²) in [5.74, 6) is 2.49. The van der Waals surface area contributed by atoms with Crippen molar-refractivity contribution in [1.82, 2.24) is 0 Å². The van der Waals surface area contributed by atoms with Crippen LogP contribution in [0.3, 0.4) is 0 Å². The van der Waals surface area contributed by atoms with Crippen molar-refractivity contribution in [3.63, 3.8) is 0 Å². The van der Waals surface area contributed by atoms with Gasteiger partial charge < -0.3 is 23.4 Å². The maximum atomic E-state index is 13.0. The Kier molecular flexibility index (Phi) is 7.08. The lowest BCUT2D eigenvalue weighted by Gasteiger charge is -2.15. The van der Waals surface area contributed by atoms with Crippen LogP contribution in [-0.4, -0.2) is 14.2 Å². The minimum absolute atomic E-state index is 0.187. The standard InChI is InChI=1S/C31H26O6/c1-33-29-16-24-25(32)17-27(37-28(24)18-30(29)34-2)23-13-14-26(35-19-21-9-5-3-6-10-21)31(15-23)36-20-22-11-7-4-8-12-22/h3-18H,19-20H2,1-2H3. The van der Waals surface area contributed by atoms with E-state index >= 15 is 0 Å². The average Bonchev–Trinajstić information content (AvgIpc) is 2.95. The summed E-state index contributed by atoms with van der Waals surface area (Å²) in [5.41, 5.74) is 2.97. The summed E-state index contributed by atoms with van der Waals surface area (Å²) in [5, 5.41) is 0.407. The summed E-state index contributed by atoms with van der Waals surface area (Å²) in [4.78, 5) is 13.0. The van der Waals surface area contributed by atoms with Crippen LogP contribution < -0.4 is 24.4 Å². The molecule has 6 heteroatoms. The fraction of sp³-hybridized carbons (Fsp3) is 0.129. The highest BCUT2D eigenvalue weighted by Gasteiger charge is 2.15. The topological polar surface area (TPSA) is 67.1 Å². The Balaban J connectivity index is 1.51. The van der Waals surface area contributed by atoms with E-state index in [4.69, 9.17) is 23.4 Å². The Hall–Kier alpha value is -4.71. The van der Waals surface area contributed by atoms with E-state index in [1.165, 1.54) is 20.3 Å². The molecule has 5 aromatic rings. The highest BCUT2D eigenvalue weighted by Crippen LogP contribution is 2.36. The Bertz CT molecular complexity index is 1560. The zero-order valence-corrected chi connectivity index (χ0v) is 20.6. The molecule has 0 aliphatic carbocycles. The van der Waals surface area contributed by atoms with Gasteiger partial charge in [-0.2, -0.15) is 0 Å². The molecule has 186 valence electrons. The Morgan fingerprint density at radius 3 is 1.84 bits per heavy atom. The normalized spacial score (nSPS) is 10.8. The number of methoxy groups -OCH3 is 2. The van der Waals surface area contributed by atoms with Crippen LogP contribution >= 0.6 is 0 Å². The third-order valence-corrected chi connectivity index (χ3v) is 5.94. The van der Waals surface area contributed by atoms with E-state index in [9.17, 15) is 4.79 Å². The lowest BCUT2D eigenvalue weighted by atomic mass is 10.1. The zero-order valence-electron chi connectivity index (χ0n) is 20.6. The number of hydrogen-bond donors (Lipinski definition) is 0. The van der Waals surface area contributed by atoms with Crippen LogP contribution in [0.4, 0.5) is 0 Å². The molecule has 37 heavy (non-hydrogen) atoms. The van der Waals surface area contributed by atoms with E-state index in [1.807, 2.05) is 78.9 Å². The summed E-state index contributed by atoms with van der Waals surface area (Å²) in [6, 6.07) is 30.1. The monoisotopic (exact) mass is 494 g/mol. The molecule has 0 spiro atoms. The maximum Gasteiger partial charge on any atom is 0.193 e. The van der Waals surface area contributed by atoms with Gasteiger partial charge in [0.05, 0.1) is 19.6 Å². The molecule has 0 fully saturated rings. The molecule has 6 nitrogen and oxygen atoms in total. The summed E-state index contributed by atoms with van der Waals surface area (Å²) in [7, 11) is 3.06. The predicted molar refractivity (Wildman–Crippen MR) is 143 cm³/mol. The smallest absolute Gasteiger partial charge is 0.193 e. The number of benzene rings is 4. The molecule has 0 bridgehead atoms. The van der Waals surface area contributed by atoms with E-state index in [1.54, 1.807) is 12.1 Å². The molecule has 0 radical (unpaired) electrons. The van der Waals surface area contributed by atoms with E-state index in [2.05, 4.69) is 0 Å². The van der Waals surface area contributed by atoms with Crippen LogP contribution in [0, 0.1) is 0 Å². The molecule has 0 atom stereocenters. The van der Waals surface area contributed by atoms with Crippen LogP contribution in [0.5, 0.6) is 23.0 Å². The molecule has 0 aliphatic heterocycles.